The molecule has 0 saturated heterocycles. The Morgan fingerprint density at radius 3 is 1.89 bits per heavy atom. The van der Waals surface area contributed by atoms with Crippen molar-refractivity contribution in [3.63, 3.8) is 0 Å². The molecule has 0 unspecified atom stereocenters. The zero-order valence-electron chi connectivity index (χ0n) is 11.5. The largest absolute Gasteiger partial charge is 0.468 e. The number of rotatable bonds is 9. The van der Waals surface area contributed by atoms with Crippen LogP contribution < -0.4 is 0 Å². The molecule has 19 heavy (non-hydrogen) atoms. The topological polar surface area (TPSA) is 90.0 Å². The summed E-state index contributed by atoms with van der Waals surface area (Å²) in [5.41, 5.74) is 0. The van der Waals surface area contributed by atoms with Gasteiger partial charge >= 0.3 is 11.9 Å². The summed E-state index contributed by atoms with van der Waals surface area (Å²) >= 11 is 0. The van der Waals surface area contributed by atoms with E-state index in [0.717, 1.165) is 0 Å². The average Bonchev–Trinajstić information content (AvgIpc) is 2.37. The monoisotopic (exact) mass is 295 g/mol. The molecule has 0 radical (unpaired) electrons. The van der Waals surface area contributed by atoms with Crippen LogP contribution in [0.5, 0.6) is 0 Å². The Bertz CT molecular complexity index is 374. The maximum Gasteiger partial charge on any atom is 0.319 e. The number of carbonyl (C=O) groups is 2. The summed E-state index contributed by atoms with van der Waals surface area (Å²) in [4.78, 5) is 23.9. The SMILES string of the molecule is CCS(=O)(=O)CCCN(CC(=O)OC)CC(=O)OC. The molecule has 0 atom stereocenters. The van der Waals surface area contributed by atoms with Crippen LogP contribution in [0, 0.1) is 0 Å². The van der Waals surface area contributed by atoms with Crippen molar-refractivity contribution in [1.29, 1.82) is 0 Å². The van der Waals surface area contributed by atoms with Crippen LogP contribution in [0.25, 0.3) is 0 Å². The second-order valence-electron chi connectivity index (χ2n) is 3.95. The molecule has 0 saturated carbocycles. The second kappa shape index (κ2) is 8.87. The van der Waals surface area contributed by atoms with E-state index in [1.165, 1.54) is 19.1 Å². The number of carbonyl (C=O) groups excluding carboxylic acids is 2. The summed E-state index contributed by atoms with van der Waals surface area (Å²) in [6, 6.07) is 0. The molecule has 0 aliphatic carbocycles. The van der Waals surface area contributed by atoms with Gasteiger partial charge in [0.1, 0.15) is 9.84 Å². The molecule has 8 heteroatoms. The van der Waals surface area contributed by atoms with Gasteiger partial charge < -0.3 is 9.47 Å². The second-order valence-corrected chi connectivity index (χ2v) is 6.43. The average molecular weight is 295 g/mol. The van der Waals surface area contributed by atoms with Gasteiger partial charge in [-0.2, -0.15) is 0 Å². The highest BCUT2D eigenvalue weighted by Gasteiger charge is 2.16. The lowest BCUT2D eigenvalue weighted by molar-refractivity contribution is -0.145. The van der Waals surface area contributed by atoms with Gasteiger partial charge in [-0.25, -0.2) is 8.42 Å². The Kier molecular flexibility index (Phi) is 8.33. The van der Waals surface area contributed by atoms with Gasteiger partial charge in [0.25, 0.3) is 0 Å². The first-order chi connectivity index (χ1) is 8.84. The van der Waals surface area contributed by atoms with E-state index in [-0.39, 0.29) is 24.6 Å². The summed E-state index contributed by atoms with van der Waals surface area (Å²) in [5.74, 6) is -0.854. The van der Waals surface area contributed by atoms with Gasteiger partial charge in [-0.3, -0.25) is 14.5 Å². The first kappa shape index (κ1) is 17.8. The molecule has 0 bridgehead atoms. The fourth-order valence-electron chi connectivity index (χ4n) is 1.36. The van der Waals surface area contributed by atoms with Crippen molar-refractivity contribution in [2.75, 3.05) is 45.4 Å². The lowest BCUT2D eigenvalue weighted by Gasteiger charge is -2.19. The number of hydrogen-bond donors (Lipinski definition) is 0. The minimum absolute atomic E-state index is 0.0301. The van der Waals surface area contributed by atoms with Crippen LogP contribution in [0.4, 0.5) is 0 Å². The minimum atomic E-state index is -3.04. The van der Waals surface area contributed by atoms with Crippen molar-refractivity contribution in [3.8, 4) is 0 Å². The molecule has 0 aromatic heterocycles. The lowest BCUT2D eigenvalue weighted by Crippen LogP contribution is -2.37. The summed E-state index contributed by atoms with van der Waals surface area (Å²) < 4.78 is 31.7. The number of methoxy groups -OCH3 is 2. The molecular weight excluding hydrogens is 274 g/mol. The van der Waals surface area contributed by atoms with Crippen molar-refractivity contribution in [2.45, 2.75) is 13.3 Å². The van der Waals surface area contributed by atoms with Gasteiger partial charge in [0.2, 0.25) is 0 Å². The molecule has 112 valence electrons. The van der Waals surface area contributed by atoms with E-state index < -0.39 is 21.8 Å². The third-order valence-corrected chi connectivity index (χ3v) is 4.32. The quantitative estimate of drug-likeness (QED) is 0.528. The fourth-order valence-corrected chi connectivity index (χ4v) is 2.22. The molecule has 7 nitrogen and oxygen atoms in total. The van der Waals surface area contributed by atoms with Crippen LogP contribution in [0.2, 0.25) is 0 Å². The molecule has 0 heterocycles. The summed E-state index contributed by atoms with van der Waals surface area (Å²) in [6.07, 6.45) is 0.351. The Balaban J connectivity index is 4.33. The summed E-state index contributed by atoms with van der Waals surface area (Å²) in [5, 5.41) is 0. The molecule has 0 N–H and O–H groups in total. The lowest BCUT2D eigenvalue weighted by atomic mass is 10.4. The van der Waals surface area contributed by atoms with Gasteiger partial charge in [0.05, 0.1) is 33.1 Å². The molecule has 0 amide bonds. The zero-order valence-corrected chi connectivity index (χ0v) is 12.4. The van der Waals surface area contributed by atoms with E-state index in [0.29, 0.717) is 13.0 Å². The number of sulfone groups is 1. The number of nitrogens with zero attached hydrogens (tertiary/aromatic N) is 1. The van der Waals surface area contributed by atoms with Gasteiger partial charge in [-0.15, -0.1) is 0 Å². The third kappa shape index (κ3) is 8.55. The molecule has 0 fully saturated rings. The molecule has 0 aromatic carbocycles. The van der Waals surface area contributed by atoms with Crippen molar-refractivity contribution in [2.24, 2.45) is 0 Å². The van der Waals surface area contributed by atoms with E-state index in [1.54, 1.807) is 6.92 Å². The van der Waals surface area contributed by atoms with Crippen molar-refractivity contribution in [3.05, 3.63) is 0 Å². The first-order valence-electron chi connectivity index (χ1n) is 5.91. The van der Waals surface area contributed by atoms with E-state index in [1.807, 2.05) is 0 Å². The third-order valence-electron chi connectivity index (χ3n) is 2.53. The zero-order chi connectivity index (χ0) is 14.9. The maximum absolute atomic E-state index is 11.3. The first-order valence-corrected chi connectivity index (χ1v) is 7.73. The van der Waals surface area contributed by atoms with Gasteiger partial charge in [0, 0.05) is 12.3 Å². The molecule has 0 aliphatic rings. The van der Waals surface area contributed by atoms with Gasteiger partial charge in [-0.1, -0.05) is 6.92 Å². The fraction of sp³-hybridized carbons (Fsp3) is 0.818. The molecule has 0 spiro atoms. The standard InChI is InChI=1S/C11H21NO6S/c1-4-19(15,16)7-5-6-12(8-10(13)17-2)9-11(14)18-3/h4-9H2,1-3H3. The van der Waals surface area contributed by atoms with Crippen LogP contribution in [-0.2, 0) is 28.9 Å². The van der Waals surface area contributed by atoms with E-state index in [4.69, 9.17) is 0 Å². The Morgan fingerprint density at radius 2 is 1.53 bits per heavy atom. The summed E-state index contributed by atoms with van der Waals surface area (Å²) in [7, 11) is -0.542. The van der Waals surface area contributed by atoms with Crippen LogP contribution in [0.15, 0.2) is 0 Å². The smallest absolute Gasteiger partial charge is 0.319 e. The van der Waals surface area contributed by atoms with Crippen LogP contribution >= 0.6 is 0 Å². The van der Waals surface area contributed by atoms with Gasteiger partial charge in [0.15, 0.2) is 0 Å². The van der Waals surface area contributed by atoms with Crippen LogP contribution in [0.3, 0.4) is 0 Å². The normalized spacial score (nSPS) is 11.4. The highest BCUT2D eigenvalue weighted by atomic mass is 32.2. The van der Waals surface area contributed by atoms with Crippen LogP contribution in [0.1, 0.15) is 13.3 Å². The maximum atomic E-state index is 11.3. The molecule has 0 rings (SSSR count). The van der Waals surface area contributed by atoms with E-state index in [9.17, 15) is 18.0 Å². The highest BCUT2D eigenvalue weighted by molar-refractivity contribution is 7.91. The minimum Gasteiger partial charge on any atom is -0.468 e. The Labute approximate surface area is 113 Å². The van der Waals surface area contributed by atoms with Crippen LogP contribution in [-0.4, -0.2) is 70.6 Å². The van der Waals surface area contributed by atoms with Crippen molar-refractivity contribution < 1.29 is 27.5 Å². The molecular formula is C11H21NO6S. The number of esters is 2. The summed E-state index contributed by atoms with van der Waals surface area (Å²) in [6.45, 7) is 1.75. The molecule has 0 aromatic rings. The predicted molar refractivity (Wildman–Crippen MR) is 69.4 cm³/mol. The van der Waals surface area contributed by atoms with E-state index >= 15 is 0 Å². The van der Waals surface area contributed by atoms with Crippen molar-refractivity contribution in [1.82, 2.24) is 4.90 Å². The Hall–Kier alpha value is -1.15. The molecule has 0 aliphatic heterocycles. The number of ether oxygens (including phenoxy) is 2. The highest BCUT2D eigenvalue weighted by Crippen LogP contribution is 1.98. The predicted octanol–water partition coefficient (Wildman–Crippen LogP) is -0.541. The van der Waals surface area contributed by atoms with Crippen molar-refractivity contribution >= 4 is 21.8 Å². The number of hydrogen-bond acceptors (Lipinski definition) is 7. The van der Waals surface area contributed by atoms with E-state index in [2.05, 4.69) is 9.47 Å². The van der Waals surface area contributed by atoms with Gasteiger partial charge in [-0.05, 0) is 6.42 Å². The Morgan fingerprint density at radius 1 is 1.05 bits per heavy atom.